The first kappa shape index (κ1) is 15.8. The maximum absolute atomic E-state index is 13.2. The number of fused-ring (bicyclic) bond motifs is 1. The fourth-order valence-corrected chi connectivity index (χ4v) is 4.68. The Kier molecular flexibility index (Phi) is 3.80. The second-order valence-electron chi connectivity index (χ2n) is 5.97. The Bertz CT molecular complexity index is 1030. The normalized spacial score (nSPS) is 14.4. The van der Waals surface area contributed by atoms with Crippen LogP contribution in [-0.2, 0) is 16.4 Å². The molecule has 6 nitrogen and oxygen atoms in total. The molecule has 7 heteroatoms. The van der Waals surface area contributed by atoms with E-state index in [1.807, 2.05) is 24.3 Å². The van der Waals surface area contributed by atoms with Gasteiger partial charge in [-0.05, 0) is 36.6 Å². The largest absolute Gasteiger partial charge is 0.339 e. The Morgan fingerprint density at radius 2 is 1.96 bits per heavy atom. The molecule has 128 valence electrons. The molecule has 4 rings (SSSR count). The van der Waals surface area contributed by atoms with E-state index in [0.29, 0.717) is 23.8 Å². The number of hydrogen-bond acceptors (Lipinski definition) is 5. The van der Waals surface area contributed by atoms with Crippen molar-refractivity contribution in [2.75, 3.05) is 10.8 Å². The average molecular weight is 355 g/mol. The fraction of sp³-hybridized carbons (Fsp3) is 0.222. The first-order valence-corrected chi connectivity index (χ1v) is 9.51. The summed E-state index contributed by atoms with van der Waals surface area (Å²) in [4.78, 5) is 4.39. The van der Waals surface area contributed by atoms with Crippen molar-refractivity contribution in [3.05, 3.63) is 60.0 Å². The van der Waals surface area contributed by atoms with Gasteiger partial charge in [0.15, 0.2) is 0 Å². The Labute approximate surface area is 146 Å². The molecular formula is C18H17N3O3S. The van der Waals surface area contributed by atoms with E-state index in [-0.39, 0.29) is 4.90 Å². The van der Waals surface area contributed by atoms with Crippen molar-refractivity contribution in [3.63, 3.8) is 0 Å². The van der Waals surface area contributed by atoms with Gasteiger partial charge in [0.05, 0.1) is 10.6 Å². The summed E-state index contributed by atoms with van der Waals surface area (Å²) in [5.41, 5.74) is 2.43. The molecule has 3 aromatic rings. The minimum absolute atomic E-state index is 0.226. The molecule has 0 unspecified atom stereocenters. The van der Waals surface area contributed by atoms with Crippen LogP contribution in [0.25, 0.3) is 11.4 Å². The molecule has 25 heavy (non-hydrogen) atoms. The Balaban J connectivity index is 1.77. The molecule has 0 saturated carbocycles. The monoisotopic (exact) mass is 355 g/mol. The van der Waals surface area contributed by atoms with Gasteiger partial charge in [0.1, 0.15) is 0 Å². The third-order valence-electron chi connectivity index (χ3n) is 4.28. The summed E-state index contributed by atoms with van der Waals surface area (Å²) in [5.74, 6) is 0.821. The third-order valence-corrected chi connectivity index (χ3v) is 6.08. The Morgan fingerprint density at radius 3 is 2.76 bits per heavy atom. The molecule has 1 aliphatic rings. The summed E-state index contributed by atoms with van der Waals surface area (Å²) in [6.07, 6.45) is 1.70. The van der Waals surface area contributed by atoms with E-state index in [2.05, 4.69) is 10.1 Å². The fourth-order valence-electron chi connectivity index (χ4n) is 3.09. The maximum Gasteiger partial charge on any atom is 0.264 e. The summed E-state index contributed by atoms with van der Waals surface area (Å²) in [6, 6.07) is 14.3. The van der Waals surface area contributed by atoms with Crippen LogP contribution in [0, 0.1) is 6.92 Å². The Hall–Kier alpha value is -2.67. The molecule has 0 atom stereocenters. The summed E-state index contributed by atoms with van der Waals surface area (Å²) in [5, 5.41) is 3.86. The lowest BCUT2D eigenvalue weighted by molar-refractivity contribution is 0.394. The predicted octanol–water partition coefficient (Wildman–Crippen LogP) is 3.19. The molecule has 1 aromatic heterocycles. The SMILES string of the molecule is Cc1nc(-c2cccc(S(=O)(=O)N3CCCc4ccccc43)c2)no1. The number of para-hydroxylation sites is 1. The van der Waals surface area contributed by atoms with Crippen LogP contribution in [0.4, 0.5) is 5.69 Å². The molecule has 0 N–H and O–H groups in total. The summed E-state index contributed by atoms with van der Waals surface area (Å²) >= 11 is 0. The second kappa shape index (κ2) is 6.00. The Morgan fingerprint density at radius 1 is 1.12 bits per heavy atom. The van der Waals surface area contributed by atoms with Gasteiger partial charge in [-0.3, -0.25) is 4.31 Å². The first-order valence-electron chi connectivity index (χ1n) is 8.07. The number of aromatic nitrogens is 2. The van der Waals surface area contributed by atoms with Crippen molar-refractivity contribution in [2.24, 2.45) is 0 Å². The highest BCUT2D eigenvalue weighted by atomic mass is 32.2. The van der Waals surface area contributed by atoms with Gasteiger partial charge in [-0.25, -0.2) is 8.42 Å². The number of benzene rings is 2. The van der Waals surface area contributed by atoms with Crippen molar-refractivity contribution in [3.8, 4) is 11.4 Å². The van der Waals surface area contributed by atoms with Gasteiger partial charge in [-0.1, -0.05) is 35.5 Å². The lowest BCUT2D eigenvalue weighted by Gasteiger charge is -2.30. The molecule has 0 aliphatic carbocycles. The molecule has 2 aromatic carbocycles. The second-order valence-corrected chi connectivity index (χ2v) is 7.84. The van der Waals surface area contributed by atoms with Gasteiger partial charge in [0, 0.05) is 19.0 Å². The smallest absolute Gasteiger partial charge is 0.264 e. The number of rotatable bonds is 3. The van der Waals surface area contributed by atoms with Gasteiger partial charge in [-0.2, -0.15) is 4.98 Å². The van der Waals surface area contributed by atoms with E-state index < -0.39 is 10.0 Å². The van der Waals surface area contributed by atoms with E-state index >= 15 is 0 Å². The molecule has 0 amide bonds. The molecule has 0 bridgehead atoms. The molecular weight excluding hydrogens is 338 g/mol. The number of aryl methyl sites for hydroxylation is 2. The molecule has 0 spiro atoms. The number of hydrogen-bond donors (Lipinski definition) is 0. The van der Waals surface area contributed by atoms with Crippen LogP contribution in [0.3, 0.4) is 0 Å². The minimum Gasteiger partial charge on any atom is -0.339 e. The zero-order chi connectivity index (χ0) is 17.4. The van der Waals surface area contributed by atoms with E-state index in [9.17, 15) is 8.42 Å². The minimum atomic E-state index is -3.65. The highest BCUT2D eigenvalue weighted by Gasteiger charge is 2.29. The van der Waals surface area contributed by atoms with Crippen molar-refractivity contribution < 1.29 is 12.9 Å². The van der Waals surface area contributed by atoms with Gasteiger partial charge in [0.25, 0.3) is 10.0 Å². The van der Waals surface area contributed by atoms with Crippen LogP contribution in [0.5, 0.6) is 0 Å². The molecule has 0 radical (unpaired) electrons. The molecule has 0 fully saturated rings. The lowest BCUT2D eigenvalue weighted by atomic mass is 10.0. The topological polar surface area (TPSA) is 76.3 Å². The highest BCUT2D eigenvalue weighted by Crippen LogP contribution is 2.32. The first-order chi connectivity index (χ1) is 12.1. The number of nitrogens with zero attached hydrogens (tertiary/aromatic N) is 3. The van der Waals surface area contributed by atoms with Gasteiger partial charge < -0.3 is 4.52 Å². The van der Waals surface area contributed by atoms with Crippen molar-refractivity contribution >= 4 is 15.7 Å². The average Bonchev–Trinajstić information content (AvgIpc) is 3.08. The van der Waals surface area contributed by atoms with Crippen LogP contribution in [0.15, 0.2) is 57.9 Å². The van der Waals surface area contributed by atoms with Gasteiger partial charge >= 0.3 is 0 Å². The van der Waals surface area contributed by atoms with Crippen LogP contribution >= 0.6 is 0 Å². The van der Waals surface area contributed by atoms with E-state index in [4.69, 9.17) is 4.52 Å². The van der Waals surface area contributed by atoms with Gasteiger partial charge in [0.2, 0.25) is 11.7 Å². The van der Waals surface area contributed by atoms with Crippen LogP contribution < -0.4 is 4.31 Å². The van der Waals surface area contributed by atoms with Crippen LogP contribution in [0.1, 0.15) is 17.9 Å². The standard InChI is InChI=1S/C18H17N3O3S/c1-13-19-18(20-24-13)15-7-4-9-16(12-15)25(22,23)21-11-5-8-14-6-2-3-10-17(14)21/h2-4,6-7,9-10,12H,5,8,11H2,1H3. The van der Waals surface area contributed by atoms with Crippen LogP contribution in [-0.4, -0.2) is 25.1 Å². The third kappa shape index (κ3) is 2.80. The van der Waals surface area contributed by atoms with Crippen molar-refractivity contribution in [1.29, 1.82) is 0 Å². The number of anilines is 1. The summed E-state index contributed by atoms with van der Waals surface area (Å²) < 4.78 is 32.9. The predicted molar refractivity (Wildman–Crippen MR) is 93.8 cm³/mol. The lowest BCUT2D eigenvalue weighted by Crippen LogP contribution is -2.35. The molecule has 0 saturated heterocycles. The summed E-state index contributed by atoms with van der Waals surface area (Å²) in [7, 11) is -3.65. The maximum atomic E-state index is 13.2. The van der Waals surface area contributed by atoms with E-state index in [1.54, 1.807) is 31.2 Å². The van der Waals surface area contributed by atoms with Crippen LogP contribution in [0.2, 0.25) is 0 Å². The molecule has 1 aliphatic heterocycles. The van der Waals surface area contributed by atoms with Crippen molar-refractivity contribution in [1.82, 2.24) is 10.1 Å². The zero-order valence-corrected chi connectivity index (χ0v) is 14.5. The zero-order valence-electron chi connectivity index (χ0n) is 13.7. The van der Waals surface area contributed by atoms with Crippen molar-refractivity contribution in [2.45, 2.75) is 24.7 Å². The molecule has 2 heterocycles. The highest BCUT2D eigenvalue weighted by molar-refractivity contribution is 7.92. The summed E-state index contributed by atoms with van der Waals surface area (Å²) in [6.45, 7) is 2.17. The number of sulfonamides is 1. The quantitative estimate of drug-likeness (QED) is 0.721. The van der Waals surface area contributed by atoms with E-state index in [0.717, 1.165) is 24.1 Å². The van der Waals surface area contributed by atoms with E-state index in [1.165, 1.54) is 4.31 Å². The van der Waals surface area contributed by atoms with Gasteiger partial charge in [-0.15, -0.1) is 0 Å².